The molecule has 0 amide bonds. The van der Waals surface area contributed by atoms with Crippen molar-refractivity contribution in [1.29, 1.82) is 0 Å². The molecular formula is C14H18FNO3. The molecule has 0 aliphatic heterocycles. The molecule has 5 heteroatoms. The first-order valence-electron chi connectivity index (χ1n) is 6.09. The summed E-state index contributed by atoms with van der Waals surface area (Å²) in [5.74, 6) is -1.48. The summed E-state index contributed by atoms with van der Waals surface area (Å²) in [5, 5.41) is 17.6. The summed E-state index contributed by atoms with van der Waals surface area (Å²) >= 11 is 0. The Bertz CT molecular complexity index is 460. The molecule has 0 fully saturated rings. The van der Waals surface area contributed by atoms with Gasteiger partial charge >= 0.3 is 5.97 Å². The van der Waals surface area contributed by atoms with Crippen LogP contribution in [0.3, 0.4) is 0 Å². The highest BCUT2D eigenvalue weighted by atomic mass is 19.1. The Morgan fingerprint density at radius 1 is 1.47 bits per heavy atom. The van der Waals surface area contributed by atoms with Crippen LogP contribution in [0.1, 0.15) is 18.1 Å². The van der Waals surface area contributed by atoms with Crippen molar-refractivity contribution in [3.63, 3.8) is 0 Å². The van der Waals surface area contributed by atoms with E-state index >= 15 is 0 Å². The van der Waals surface area contributed by atoms with E-state index in [9.17, 15) is 9.18 Å². The largest absolute Gasteiger partial charge is 0.478 e. The van der Waals surface area contributed by atoms with E-state index in [0.29, 0.717) is 18.7 Å². The van der Waals surface area contributed by atoms with Crippen LogP contribution in [0, 0.1) is 5.82 Å². The fraction of sp³-hybridized carbons (Fsp3) is 0.357. The number of carboxylic acids is 1. The second-order valence-electron chi connectivity index (χ2n) is 4.11. The number of halogens is 1. The molecule has 104 valence electrons. The number of aliphatic hydroxyl groups is 1. The zero-order valence-corrected chi connectivity index (χ0v) is 10.8. The van der Waals surface area contributed by atoms with Crippen LogP contribution in [0.15, 0.2) is 24.3 Å². The van der Waals surface area contributed by atoms with Gasteiger partial charge in [-0.2, -0.15) is 0 Å². The average Bonchev–Trinajstić information content (AvgIpc) is 2.38. The number of carboxylic acid groups (broad SMARTS) is 1. The molecular weight excluding hydrogens is 249 g/mol. The molecule has 0 spiro atoms. The lowest BCUT2D eigenvalue weighted by Gasteiger charge is -2.20. The van der Waals surface area contributed by atoms with Crippen LogP contribution in [0.2, 0.25) is 0 Å². The molecule has 0 saturated carbocycles. The number of benzene rings is 1. The molecule has 1 aromatic rings. The third-order valence-corrected chi connectivity index (χ3v) is 2.77. The zero-order chi connectivity index (χ0) is 14.3. The summed E-state index contributed by atoms with van der Waals surface area (Å²) in [6.45, 7) is 3.83. The highest BCUT2D eigenvalue weighted by molar-refractivity contribution is 5.85. The highest BCUT2D eigenvalue weighted by Crippen LogP contribution is 2.15. The fourth-order valence-electron chi connectivity index (χ4n) is 1.76. The van der Waals surface area contributed by atoms with Gasteiger partial charge in [0.1, 0.15) is 5.82 Å². The SMILES string of the molecule is CCN(CCO)Cc1ccc(F)cc1C=CC(=O)O. The number of aliphatic carboxylic acids is 1. The van der Waals surface area contributed by atoms with E-state index in [0.717, 1.165) is 18.2 Å². The lowest BCUT2D eigenvalue weighted by Crippen LogP contribution is -2.26. The molecule has 0 saturated heterocycles. The maximum Gasteiger partial charge on any atom is 0.328 e. The normalized spacial score (nSPS) is 11.4. The van der Waals surface area contributed by atoms with Gasteiger partial charge < -0.3 is 10.2 Å². The minimum Gasteiger partial charge on any atom is -0.478 e. The summed E-state index contributed by atoms with van der Waals surface area (Å²) in [4.78, 5) is 12.5. The van der Waals surface area contributed by atoms with Gasteiger partial charge in [-0.05, 0) is 35.9 Å². The summed E-state index contributed by atoms with van der Waals surface area (Å²) in [5.41, 5.74) is 1.37. The van der Waals surface area contributed by atoms with Gasteiger partial charge in [0, 0.05) is 19.2 Å². The quantitative estimate of drug-likeness (QED) is 0.739. The summed E-state index contributed by atoms with van der Waals surface area (Å²) < 4.78 is 13.2. The van der Waals surface area contributed by atoms with Crippen molar-refractivity contribution in [3.05, 3.63) is 41.2 Å². The van der Waals surface area contributed by atoms with E-state index < -0.39 is 11.8 Å². The van der Waals surface area contributed by atoms with Crippen molar-refractivity contribution in [2.45, 2.75) is 13.5 Å². The first-order chi connectivity index (χ1) is 9.06. The Kier molecular flexibility index (Phi) is 6.18. The van der Waals surface area contributed by atoms with Gasteiger partial charge in [-0.25, -0.2) is 9.18 Å². The minimum absolute atomic E-state index is 0.0509. The maximum atomic E-state index is 13.2. The zero-order valence-electron chi connectivity index (χ0n) is 10.8. The maximum absolute atomic E-state index is 13.2. The number of nitrogens with zero attached hydrogens (tertiary/aromatic N) is 1. The van der Waals surface area contributed by atoms with E-state index in [4.69, 9.17) is 10.2 Å². The lowest BCUT2D eigenvalue weighted by atomic mass is 10.1. The second kappa shape index (κ2) is 7.66. The number of hydrogen-bond donors (Lipinski definition) is 2. The standard InChI is InChI=1S/C14H18FNO3/c1-2-16(7-8-17)10-12-3-5-13(15)9-11(12)4-6-14(18)19/h3-6,9,17H,2,7-8,10H2,1H3,(H,18,19). The molecule has 2 N–H and O–H groups in total. The molecule has 4 nitrogen and oxygen atoms in total. The van der Waals surface area contributed by atoms with E-state index in [2.05, 4.69) is 0 Å². The van der Waals surface area contributed by atoms with Gasteiger partial charge in [-0.1, -0.05) is 13.0 Å². The van der Waals surface area contributed by atoms with Crippen molar-refractivity contribution < 1.29 is 19.4 Å². The van der Waals surface area contributed by atoms with Crippen molar-refractivity contribution in [3.8, 4) is 0 Å². The van der Waals surface area contributed by atoms with Crippen LogP contribution in [0.4, 0.5) is 4.39 Å². The third-order valence-electron chi connectivity index (χ3n) is 2.77. The van der Waals surface area contributed by atoms with Crippen LogP contribution < -0.4 is 0 Å². The molecule has 0 radical (unpaired) electrons. The summed E-state index contributed by atoms with van der Waals surface area (Å²) in [6.07, 6.45) is 2.37. The van der Waals surface area contributed by atoms with Gasteiger partial charge in [0.25, 0.3) is 0 Å². The predicted octanol–water partition coefficient (Wildman–Crippen LogP) is 1.74. The van der Waals surface area contributed by atoms with E-state index in [-0.39, 0.29) is 6.61 Å². The third kappa shape index (κ3) is 5.19. The van der Waals surface area contributed by atoms with Crippen molar-refractivity contribution in [2.75, 3.05) is 19.7 Å². The summed E-state index contributed by atoms with van der Waals surface area (Å²) in [6, 6.07) is 4.29. The second-order valence-corrected chi connectivity index (χ2v) is 4.11. The van der Waals surface area contributed by atoms with Crippen LogP contribution in [0.25, 0.3) is 6.08 Å². The van der Waals surface area contributed by atoms with Gasteiger partial charge in [-0.15, -0.1) is 0 Å². The van der Waals surface area contributed by atoms with Gasteiger partial charge in [-0.3, -0.25) is 4.90 Å². The molecule has 0 aliphatic carbocycles. The molecule has 1 aromatic carbocycles. The molecule has 1 rings (SSSR count). The monoisotopic (exact) mass is 267 g/mol. The van der Waals surface area contributed by atoms with E-state index in [1.54, 1.807) is 6.07 Å². The Morgan fingerprint density at radius 3 is 2.79 bits per heavy atom. The topological polar surface area (TPSA) is 60.8 Å². The molecule has 19 heavy (non-hydrogen) atoms. The van der Waals surface area contributed by atoms with Crippen LogP contribution >= 0.6 is 0 Å². The van der Waals surface area contributed by atoms with Gasteiger partial charge in [0.05, 0.1) is 6.61 Å². The Hall–Kier alpha value is -1.72. The number of hydrogen-bond acceptors (Lipinski definition) is 3. The van der Waals surface area contributed by atoms with Crippen molar-refractivity contribution >= 4 is 12.0 Å². The lowest BCUT2D eigenvalue weighted by molar-refractivity contribution is -0.131. The number of aliphatic hydroxyl groups excluding tert-OH is 1. The Balaban J connectivity index is 2.95. The first kappa shape index (κ1) is 15.3. The fourth-order valence-corrected chi connectivity index (χ4v) is 1.76. The Morgan fingerprint density at radius 2 is 2.21 bits per heavy atom. The van der Waals surface area contributed by atoms with Crippen molar-refractivity contribution in [1.82, 2.24) is 4.90 Å². The van der Waals surface area contributed by atoms with Gasteiger partial charge in [0.15, 0.2) is 0 Å². The number of carbonyl (C=O) groups is 1. The molecule has 0 aliphatic rings. The molecule has 0 bridgehead atoms. The first-order valence-corrected chi connectivity index (χ1v) is 6.09. The highest BCUT2D eigenvalue weighted by Gasteiger charge is 2.07. The molecule has 0 heterocycles. The van der Waals surface area contributed by atoms with Crippen LogP contribution in [-0.4, -0.2) is 40.8 Å². The minimum atomic E-state index is -1.07. The molecule has 0 unspecified atom stereocenters. The predicted molar refractivity (Wildman–Crippen MR) is 71.1 cm³/mol. The average molecular weight is 267 g/mol. The summed E-state index contributed by atoms with van der Waals surface area (Å²) in [7, 11) is 0. The van der Waals surface area contributed by atoms with Crippen LogP contribution in [0.5, 0.6) is 0 Å². The van der Waals surface area contributed by atoms with Gasteiger partial charge in [0.2, 0.25) is 0 Å². The van der Waals surface area contributed by atoms with E-state index in [1.165, 1.54) is 18.2 Å². The van der Waals surface area contributed by atoms with Crippen molar-refractivity contribution in [2.24, 2.45) is 0 Å². The smallest absolute Gasteiger partial charge is 0.328 e. The van der Waals surface area contributed by atoms with E-state index in [1.807, 2.05) is 11.8 Å². The number of likely N-dealkylation sites (N-methyl/N-ethyl adjacent to an activating group) is 1. The van der Waals surface area contributed by atoms with Crippen LogP contribution in [-0.2, 0) is 11.3 Å². The number of rotatable bonds is 7. The molecule has 0 atom stereocenters. The Labute approximate surface area is 111 Å². The molecule has 0 aromatic heterocycles.